The van der Waals surface area contributed by atoms with Crippen molar-refractivity contribution < 1.29 is 4.79 Å². The molecule has 24 heavy (non-hydrogen) atoms. The zero-order chi connectivity index (χ0) is 17.4. The topological polar surface area (TPSA) is 45.2 Å². The molecule has 1 aromatic heterocycles. The lowest BCUT2D eigenvalue weighted by Gasteiger charge is -2.16. The maximum Gasteiger partial charge on any atom is 0.234 e. The highest BCUT2D eigenvalue weighted by molar-refractivity contribution is 6.35. The molecule has 4 nitrogen and oxygen atoms in total. The predicted molar refractivity (Wildman–Crippen MR) is 98.6 cm³/mol. The summed E-state index contributed by atoms with van der Waals surface area (Å²) in [5, 5.41) is 4.17. The molecule has 2 aromatic rings. The van der Waals surface area contributed by atoms with Gasteiger partial charge in [-0.05, 0) is 55.3 Å². The number of aromatic nitrogens is 1. The quantitative estimate of drug-likeness (QED) is 0.780. The summed E-state index contributed by atoms with van der Waals surface area (Å²) in [6.07, 6.45) is 5.14. The van der Waals surface area contributed by atoms with Gasteiger partial charge in [-0.15, -0.1) is 0 Å². The summed E-state index contributed by atoms with van der Waals surface area (Å²) < 4.78 is 0. The van der Waals surface area contributed by atoms with E-state index >= 15 is 0 Å². The average molecular weight is 366 g/mol. The highest BCUT2D eigenvalue weighted by Gasteiger charge is 2.07. The number of carbonyl (C=O) groups is 1. The number of halogens is 2. The van der Waals surface area contributed by atoms with Gasteiger partial charge in [0.15, 0.2) is 0 Å². The minimum atomic E-state index is 0.0114. The number of pyridine rings is 1. The van der Waals surface area contributed by atoms with Gasteiger partial charge in [-0.2, -0.15) is 0 Å². The van der Waals surface area contributed by atoms with E-state index in [9.17, 15) is 4.79 Å². The van der Waals surface area contributed by atoms with Gasteiger partial charge in [-0.3, -0.25) is 14.7 Å². The second-order valence-corrected chi connectivity index (χ2v) is 6.52. The van der Waals surface area contributed by atoms with Crippen LogP contribution in [0.1, 0.15) is 11.1 Å². The molecule has 0 aliphatic rings. The molecule has 6 heteroatoms. The molecule has 1 N–H and O–H groups in total. The normalized spacial score (nSPS) is 10.8. The molecule has 0 atom stereocenters. The number of nitrogens with one attached hydrogen (secondary N) is 1. The molecule has 0 aliphatic carbocycles. The van der Waals surface area contributed by atoms with Crippen LogP contribution in [0.4, 0.5) is 0 Å². The third kappa shape index (κ3) is 6.48. The smallest absolute Gasteiger partial charge is 0.234 e. The van der Waals surface area contributed by atoms with Gasteiger partial charge in [0.2, 0.25) is 5.91 Å². The summed E-state index contributed by atoms with van der Waals surface area (Å²) in [7, 11) is 1.94. The van der Waals surface area contributed by atoms with Crippen molar-refractivity contribution in [2.75, 3.05) is 26.7 Å². The molecule has 0 bridgehead atoms. The van der Waals surface area contributed by atoms with Gasteiger partial charge in [0.1, 0.15) is 0 Å². The van der Waals surface area contributed by atoms with Crippen LogP contribution in [0.15, 0.2) is 42.7 Å². The average Bonchev–Trinajstić information content (AvgIpc) is 2.56. The molecule has 0 saturated carbocycles. The van der Waals surface area contributed by atoms with E-state index in [1.807, 2.05) is 30.1 Å². The van der Waals surface area contributed by atoms with E-state index in [0.29, 0.717) is 29.6 Å². The van der Waals surface area contributed by atoms with Crippen molar-refractivity contribution in [3.63, 3.8) is 0 Å². The van der Waals surface area contributed by atoms with Crippen LogP contribution >= 0.6 is 23.2 Å². The zero-order valence-corrected chi connectivity index (χ0v) is 15.1. The maximum atomic E-state index is 12.0. The number of hydrogen-bond acceptors (Lipinski definition) is 3. The second kappa shape index (κ2) is 9.62. The van der Waals surface area contributed by atoms with Crippen LogP contribution in [-0.2, 0) is 17.6 Å². The van der Waals surface area contributed by atoms with Crippen LogP contribution in [0.2, 0.25) is 10.0 Å². The van der Waals surface area contributed by atoms with E-state index in [4.69, 9.17) is 23.2 Å². The molecular formula is C18H21Cl2N3O. The molecule has 1 amide bonds. The number of benzene rings is 1. The molecule has 2 rings (SSSR count). The highest BCUT2D eigenvalue weighted by Crippen LogP contribution is 2.20. The summed E-state index contributed by atoms with van der Waals surface area (Å²) in [6.45, 7) is 1.75. The Balaban J connectivity index is 1.67. The first-order valence-corrected chi connectivity index (χ1v) is 8.58. The second-order valence-electron chi connectivity index (χ2n) is 5.68. The lowest BCUT2D eigenvalue weighted by atomic mass is 10.1. The van der Waals surface area contributed by atoms with Crippen LogP contribution in [-0.4, -0.2) is 42.5 Å². The largest absolute Gasteiger partial charge is 0.355 e. The summed E-state index contributed by atoms with van der Waals surface area (Å²) >= 11 is 12.0. The standard InChI is InChI=1S/C18H21Cl2N3O/c1-23(11-7-14-4-8-21-9-5-14)13-18(24)22-10-6-15-2-3-16(19)12-17(15)20/h2-5,8-9,12H,6-7,10-11,13H2,1H3,(H,22,24). The predicted octanol–water partition coefficient (Wildman–Crippen LogP) is 3.22. The summed E-state index contributed by atoms with van der Waals surface area (Å²) in [4.78, 5) is 18.0. The zero-order valence-electron chi connectivity index (χ0n) is 13.6. The van der Waals surface area contributed by atoms with E-state index in [-0.39, 0.29) is 5.91 Å². The summed E-state index contributed by atoms with van der Waals surface area (Å²) in [5.41, 5.74) is 2.20. The Morgan fingerprint density at radius 2 is 1.92 bits per heavy atom. The molecule has 0 spiro atoms. The van der Waals surface area contributed by atoms with Gasteiger partial charge in [-0.25, -0.2) is 0 Å². The lowest BCUT2D eigenvalue weighted by Crippen LogP contribution is -2.36. The van der Waals surface area contributed by atoms with E-state index in [1.165, 1.54) is 5.56 Å². The Morgan fingerprint density at radius 1 is 1.17 bits per heavy atom. The van der Waals surface area contributed by atoms with Crippen LogP contribution in [0, 0.1) is 0 Å². The minimum Gasteiger partial charge on any atom is -0.355 e. The number of likely N-dealkylation sites (N-methyl/N-ethyl adjacent to an activating group) is 1. The SMILES string of the molecule is CN(CCc1ccncc1)CC(=O)NCCc1ccc(Cl)cc1Cl. The molecule has 0 saturated heterocycles. The van der Waals surface area contributed by atoms with Crippen molar-refractivity contribution >= 4 is 29.1 Å². The number of amides is 1. The van der Waals surface area contributed by atoms with Crippen molar-refractivity contribution in [2.45, 2.75) is 12.8 Å². The molecule has 0 radical (unpaired) electrons. The monoisotopic (exact) mass is 365 g/mol. The van der Waals surface area contributed by atoms with E-state index in [0.717, 1.165) is 18.5 Å². The molecule has 1 heterocycles. The van der Waals surface area contributed by atoms with Crippen molar-refractivity contribution in [3.8, 4) is 0 Å². The Labute approximate surface area is 152 Å². The Morgan fingerprint density at radius 3 is 2.62 bits per heavy atom. The van der Waals surface area contributed by atoms with E-state index in [2.05, 4.69) is 10.3 Å². The highest BCUT2D eigenvalue weighted by atomic mass is 35.5. The van der Waals surface area contributed by atoms with Crippen molar-refractivity contribution in [3.05, 3.63) is 63.9 Å². The number of carbonyl (C=O) groups excluding carboxylic acids is 1. The fourth-order valence-electron chi connectivity index (χ4n) is 2.31. The molecule has 0 fully saturated rings. The molecule has 0 aliphatic heterocycles. The van der Waals surface area contributed by atoms with Crippen molar-refractivity contribution in [2.24, 2.45) is 0 Å². The first-order chi connectivity index (χ1) is 11.5. The third-order valence-electron chi connectivity index (χ3n) is 3.68. The van der Waals surface area contributed by atoms with E-state index < -0.39 is 0 Å². The number of hydrogen-bond donors (Lipinski definition) is 1. The first-order valence-electron chi connectivity index (χ1n) is 7.82. The Kier molecular flexibility index (Phi) is 7.50. The van der Waals surface area contributed by atoms with Gasteiger partial charge in [-0.1, -0.05) is 29.3 Å². The molecule has 128 valence electrons. The van der Waals surface area contributed by atoms with Crippen LogP contribution in [0.25, 0.3) is 0 Å². The fraction of sp³-hybridized carbons (Fsp3) is 0.333. The Bertz CT molecular complexity index is 665. The van der Waals surface area contributed by atoms with Crippen molar-refractivity contribution in [1.29, 1.82) is 0 Å². The minimum absolute atomic E-state index is 0.0114. The summed E-state index contributed by atoms with van der Waals surface area (Å²) in [6, 6.07) is 9.38. The molecule has 1 aromatic carbocycles. The molecule has 0 unspecified atom stereocenters. The fourth-order valence-corrected chi connectivity index (χ4v) is 2.81. The lowest BCUT2D eigenvalue weighted by molar-refractivity contribution is -0.121. The third-order valence-corrected chi connectivity index (χ3v) is 4.26. The first kappa shape index (κ1) is 18.7. The molecular weight excluding hydrogens is 345 g/mol. The Hall–Kier alpha value is -1.62. The van der Waals surface area contributed by atoms with Gasteiger partial charge in [0.25, 0.3) is 0 Å². The van der Waals surface area contributed by atoms with Gasteiger partial charge in [0, 0.05) is 35.5 Å². The number of rotatable bonds is 8. The van der Waals surface area contributed by atoms with Crippen molar-refractivity contribution in [1.82, 2.24) is 15.2 Å². The van der Waals surface area contributed by atoms with Gasteiger partial charge < -0.3 is 5.32 Å². The van der Waals surface area contributed by atoms with Crippen LogP contribution < -0.4 is 5.32 Å². The van der Waals surface area contributed by atoms with Crippen LogP contribution in [0.3, 0.4) is 0 Å². The maximum absolute atomic E-state index is 12.0. The summed E-state index contributed by atoms with van der Waals surface area (Å²) in [5.74, 6) is 0.0114. The van der Waals surface area contributed by atoms with Gasteiger partial charge >= 0.3 is 0 Å². The number of nitrogens with zero attached hydrogens (tertiary/aromatic N) is 2. The van der Waals surface area contributed by atoms with E-state index in [1.54, 1.807) is 24.5 Å². The van der Waals surface area contributed by atoms with Gasteiger partial charge in [0.05, 0.1) is 6.54 Å². The van der Waals surface area contributed by atoms with Crippen LogP contribution in [0.5, 0.6) is 0 Å².